The maximum atomic E-state index is 14.0. The van der Waals surface area contributed by atoms with Gasteiger partial charge in [0.15, 0.2) is 0 Å². The first-order valence-corrected chi connectivity index (χ1v) is 18.1. The molecule has 3 amide bonds. The fraction of sp³-hybridized carbons (Fsp3) is 0.588. The van der Waals surface area contributed by atoms with Crippen molar-refractivity contribution >= 4 is 38.5 Å². The summed E-state index contributed by atoms with van der Waals surface area (Å²) in [5.74, 6) is -0.0476. The summed E-state index contributed by atoms with van der Waals surface area (Å²) in [6.45, 7) is 6.89. The number of amides is 3. The zero-order chi connectivity index (χ0) is 32.6. The van der Waals surface area contributed by atoms with Gasteiger partial charge < -0.3 is 19.7 Å². The van der Waals surface area contributed by atoms with Crippen LogP contribution in [0.5, 0.6) is 11.6 Å². The van der Waals surface area contributed by atoms with E-state index in [1.54, 1.807) is 11.1 Å². The van der Waals surface area contributed by atoms with E-state index in [9.17, 15) is 22.8 Å². The number of nitrogens with one attached hydrogen (secondary N) is 2. The molecule has 12 heteroatoms. The number of nitrogens with zero attached hydrogens (tertiary/aromatic N) is 2. The molecule has 4 aliphatic rings. The van der Waals surface area contributed by atoms with E-state index < -0.39 is 44.8 Å². The molecule has 2 aliphatic carbocycles. The van der Waals surface area contributed by atoms with Gasteiger partial charge in [0.2, 0.25) is 27.7 Å². The Hall–Kier alpha value is -3.67. The van der Waals surface area contributed by atoms with Crippen LogP contribution in [0.4, 0.5) is 0 Å². The van der Waals surface area contributed by atoms with E-state index in [1.807, 2.05) is 43.3 Å². The molecule has 2 saturated carbocycles. The summed E-state index contributed by atoms with van der Waals surface area (Å²) < 4.78 is 39.7. The Morgan fingerprint density at radius 3 is 2.70 bits per heavy atom. The van der Waals surface area contributed by atoms with Gasteiger partial charge in [0.05, 0.1) is 18.4 Å². The van der Waals surface area contributed by atoms with Gasteiger partial charge in [-0.15, -0.1) is 0 Å². The highest BCUT2D eigenvalue weighted by Crippen LogP contribution is 2.46. The summed E-state index contributed by atoms with van der Waals surface area (Å²) in [7, 11) is -3.81. The summed E-state index contributed by atoms with van der Waals surface area (Å²) in [5.41, 5.74) is -1.39. The number of fused-ring (bicyclic) bond motifs is 3. The average Bonchev–Trinajstić information content (AvgIpc) is 3.92. The molecule has 11 nitrogen and oxygen atoms in total. The quantitative estimate of drug-likeness (QED) is 0.429. The molecule has 1 unspecified atom stereocenters. The molecule has 3 fully saturated rings. The van der Waals surface area contributed by atoms with Gasteiger partial charge in [0.1, 0.15) is 23.4 Å². The highest BCUT2D eigenvalue weighted by atomic mass is 32.2. The standard InChI is InChI=1S/C34H44N4O7S/c1-4-44-25-9-12-28-23(17-25)13-14-35-32(28)45-26-18-29-31(40)36-34(33(41)37-46(42,43)27-10-11-27)19-24(34)8-6-5-7-21(2)15-22(3)16-30(39)38(29)20-26/h6,8-9,12-14,17,21-22,24,26-27,29H,4-5,7,10-11,15-16,18-20H2,1-3H3,(H,36,40)(H,37,41)/b8-6-/t21-,22+,24?,26+,29-,34+/m0/s1. The molecule has 1 saturated heterocycles. The first-order chi connectivity index (χ1) is 22.0. The molecular formula is C34H44N4O7S. The molecule has 1 aromatic heterocycles. The predicted octanol–water partition coefficient (Wildman–Crippen LogP) is 3.87. The van der Waals surface area contributed by atoms with E-state index in [2.05, 4.69) is 28.9 Å². The smallest absolute Gasteiger partial charge is 0.259 e. The van der Waals surface area contributed by atoms with Gasteiger partial charge in [-0.1, -0.05) is 26.0 Å². The average molecular weight is 653 g/mol. The van der Waals surface area contributed by atoms with Crippen molar-refractivity contribution in [3.05, 3.63) is 42.6 Å². The van der Waals surface area contributed by atoms with Gasteiger partial charge in [-0.3, -0.25) is 19.1 Å². The number of hydrogen-bond donors (Lipinski definition) is 2. The zero-order valence-corrected chi connectivity index (χ0v) is 27.6. The Balaban J connectivity index is 1.26. The van der Waals surface area contributed by atoms with Crippen molar-refractivity contribution in [3.8, 4) is 11.6 Å². The van der Waals surface area contributed by atoms with Crippen LogP contribution >= 0.6 is 0 Å². The molecular weight excluding hydrogens is 608 g/mol. The van der Waals surface area contributed by atoms with Gasteiger partial charge in [-0.2, -0.15) is 0 Å². The Labute approximate surface area is 270 Å². The number of ether oxygens (including phenoxy) is 2. The Bertz CT molecular complexity index is 1640. The Kier molecular flexibility index (Phi) is 9.02. The number of rotatable bonds is 7. The van der Waals surface area contributed by atoms with Crippen molar-refractivity contribution in [1.29, 1.82) is 0 Å². The largest absolute Gasteiger partial charge is 0.494 e. The van der Waals surface area contributed by atoms with Crippen LogP contribution in [0.25, 0.3) is 10.8 Å². The van der Waals surface area contributed by atoms with Crippen LogP contribution in [-0.4, -0.2) is 72.1 Å². The highest BCUT2D eigenvalue weighted by Gasteiger charge is 2.62. The topological polar surface area (TPSA) is 144 Å². The fourth-order valence-electron chi connectivity index (χ4n) is 6.96. The van der Waals surface area contributed by atoms with Crippen LogP contribution in [-0.2, 0) is 24.4 Å². The number of hydrogen-bond acceptors (Lipinski definition) is 8. The minimum absolute atomic E-state index is 0.123. The van der Waals surface area contributed by atoms with Crippen LogP contribution in [0.1, 0.15) is 72.1 Å². The van der Waals surface area contributed by atoms with Crippen molar-refractivity contribution in [2.75, 3.05) is 13.2 Å². The third kappa shape index (κ3) is 6.86. The maximum Gasteiger partial charge on any atom is 0.259 e. The van der Waals surface area contributed by atoms with Gasteiger partial charge in [0.25, 0.3) is 5.91 Å². The molecule has 3 heterocycles. The lowest BCUT2D eigenvalue weighted by Gasteiger charge is -2.27. The first kappa shape index (κ1) is 32.3. The molecule has 2 aromatic rings. The molecule has 6 rings (SSSR count). The van der Waals surface area contributed by atoms with Crippen molar-refractivity contribution < 1.29 is 32.3 Å². The monoisotopic (exact) mass is 652 g/mol. The number of benzene rings is 1. The molecule has 1 aromatic carbocycles. The molecule has 6 atom stereocenters. The maximum absolute atomic E-state index is 14.0. The number of pyridine rings is 1. The van der Waals surface area contributed by atoms with Gasteiger partial charge in [0, 0.05) is 30.3 Å². The lowest BCUT2D eigenvalue weighted by molar-refractivity contribution is -0.140. The van der Waals surface area contributed by atoms with E-state index >= 15 is 0 Å². The van der Waals surface area contributed by atoms with Gasteiger partial charge >= 0.3 is 0 Å². The molecule has 46 heavy (non-hydrogen) atoms. The van der Waals surface area contributed by atoms with E-state index in [4.69, 9.17) is 9.47 Å². The number of allylic oxidation sites excluding steroid dienone is 1. The van der Waals surface area contributed by atoms with Crippen molar-refractivity contribution in [3.63, 3.8) is 0 Å². The minimum Gasteiger partial charge on any atom is -0.494 e. The summed E-state index contributed by atoms with van der Waals surface area (Å²) in [4.78, 5) is 47.4. The van der Waals surface area contributed by atoms with Crippen LogP contribution in [0.3, 0.4) is 0 Å². The van der Waals surface area contributed by atoms with Crippen LogP contribution in [0, 0.1) is 17.8 Å². The molecule has 0 spiro atoms. The number of carbonyl (C=O) groups is 3. The summed E-state index contributed by atoms with van der Waals surface area (Å²) in [6.07, 6.45) is 9.49. The van der Waals surface area contributed by atoms with Crippen LogP contribution in [0.15, 0.2) is 42.6 Å². The summed E-state index contributed by atoms with van der Waals surface area (Å²) in [5, 5.41) is 4.02. The lowest BCUT2D eigenvalue weighted by Crippen LogP contribution is -2.56. The second-order valence-electron chi connectivity index (χ2n) is 13.6. The number of carbonyl (C=O) groups excluding carboxylic acids is 3. The van der Waals surface area contributed by atoms with E-state index in [0.29, 0.717) is 31.2 Å². The number of sulfonamides is 1. The fourth-order valence-corrected chi connectivity index (χ4v) is 8.32. The lowest BCUT2D eigenvalue weighted by atomic mass is 9.91. The van der Waals surface area contributed by atoms with E-state index in [1.165, 1.54) is 0 Å². The highest BCUT2D eigenvalue weighted by molar-refractivity contribution is 7.91. The first-order valence-electron chi connectivity index (χ1n) is 16.5. The van der Waals surface area contributed by atoms with Gasteiger partial charge in [-0.25, -0.2) is 13.4 Å². The van der Waals surface area contributed by atoms with Crippen molar-refractivity contribution in [1.82, 2.24) is 19.9 Å². The second-order valence-corrected chi connectivity index (χ2v) is 15.5. The number of aromatic nitrogens is 1. The second kappa shape index (κ2) is 12.8. The molecule has 0 bridgehead atoms. The summed E-state index contributed by atoms with van der Waals surface area (Å²) in [6, 6.07) is 6.64. The van der Waals surface area contributed by atoms with Gasteiger partial charge in [-0.05, 0) is 86.9 Å². The van der Waals surface area contributed by atoms with E-state index in [0.717, 1.165) is 35.8 Å². The summed E-state index contributed by atoms with van der Waals surface area (Å²) >= 11 is 0. The molecule has 2 aliphatic heterocycles. The van der Waals surface area contributed by atoms with Crippen LogP contribution in [0.2, 0.25) is 0 Å². The third-order valence-corrected chi connectivity index (χ3v) is 11.5. The molecule has 0 radical (unpaired) electrons. The SMILES string of the molecule is CCOc1ccc2c(O[C@@H]3C[C@H]4C(=O)N[C@]5(C(=O)NS(=O)(=O)C6CC6)CC5/C=C\CC[C@H](C)C[C@@H](C)CC(=O)N4C3)nccc2c1. The third-order valence-electron chi connectivity index (χ3n) is 9.66. The predicted molar refractivity (Wildman–Crippen MR) is 172 cm³/mol. The Morgan fingerprint density at radius 1 is 1.13 bits per heavy atom. The normalized spacial score (nSPS) is 31.1. The molecule has 2 N–H and O–H groups in total. The van der Waals surface area contributed by atoms with E-state index in [-0.39, 0.29) is 43.6 Å². The zero-order valence-electron chi connectivity index (χ0n) is 26.7. The minimum atomic E-state index is -3.81. The van der Waals surface area contributed by atoms with Crippen molar-refractivity contribution in [2.45, 2.75) is 95.1 Å². The van der Waals surface area contributed by atoms with Crippen molar-refractivity contribution in [2.24, 2.45) is 17.8 Å². The molecule has 248 valence electrons. The van der Waals surface area contributed by atoms with Crippen LogP contribution < -0.4 is 19.5 Å². The Morgan fingerprint density at radius 2 is 1.93 bits per heavy atom.